The summed E-state index contributed by atoms with van der Waals surface area (Å²) >= 11 is 4.95. The van der Waals surface area contributed by atoms with Crippen LogP contribution < -0.4 is 10.5 Å². The molecule has 0 bridgehead atoms. The van der Waals surface area contributed by atoms with E-state index >= 15 is 0 Å². The van der Waals surface area contributed by atoms with Crippen LogP contribution in [0, 0.1) is 0 Å². The van der Waals surface area contributed by atoms with Gasteiger partial charge >= 0.3 is 0 Å². The molecule has 1 aliphatic rings. The van der Waals surface area contributed by atoms with E-state index in [1.807, 2.05) is 29.2 Å². The van der Waals surface area contributed by atoms with Gasteiger partial charge in [0.2, 0.25) is 5.91 Å². The maximum Gasteiger partial charge on any atom is 0.222 e. The first kappa shape index (κ1) is 15.8. The summed E-state index contributed by atoms with van der Waals surface area (Å²) in [5.74, 6) is 1.05. The summed E-state index contributed by atoms with van der Waals surface area (Å²) in [7, 11) is 0. The molecule has 0 aliphatic carbocycles. The largest absolute Gasteiger partial charge is 0.494 e. The minimum atomic E-state index is 0.281. The van der Waals surface area contributed by atoms with Gasteiger partial charge in [0, 0.05) is 25.1 Å². The van der Waals surface area contributed by atoms with Gasteiger partial charge in [-0.2, -0.15) is 0 Å². The van der Waals surface area contributed by atoms with Gasteiger partial charge in [-0.25, -0.2) is 0 Å². The van der Waals surface area contributed by atoms with Gasteiger partial charge in [0.25, 0.3) is 0 Å². The van der Waals surface area contributed by atoms with E-state index in [0.29, 0.717) is 18.0 Å². The van der Waals surface area contributed by atoms with Crippen LogP contribution in [0.1, 0.15) is 37.7 Å². The number of nitrogens with two attached hydrogens (primary N) is 1. The van der Waals surface area contributed by atoms with Crippen LogP contribution in [-0.4, -0.2) is 35.5 Å². The van der Waals surface area contributed by atoms with Crippen molar-refractivity contribution < 1.29 is 9.53 Å². The van der Waals surface area contributed by atoms with E-state index in [4.69, 9.17) is 22.7 Å². The number of ether oxygens (including phenoxy) is 1. The highest BCUT2D eigenvalue weighted by molar-refractivity contribution is 7.80. The van der Waals surface area contributed by atoms with Crippen molar-refractivity contribution in [3.63, 3.8) is 0 Å². The molecule has 0 aromatic heterocycles. The third-order valence-electron chi connectivity index (χ3n) is 3.63. The zero-order valence-corrected chi connectivity index (χ0v) is 13.0. The molecule has 0 radical (unpaired) electrons. The Labute approximate surface area is 131 Å². The minimum absolute atomic E-state index is 0.281. The summed E-state index contributed by atoms with van der Waals surface area (Å²) in [5.41, 5.74) is 6.41. The fourth-order valence-corrected chi connectivity index (χ4v) is 2.59. The average Bonchev–Trinajstić information content (AvgIpc) is 2.69. The number of rotatable bonds is 6. The number of amides is 1. The molecule has 114 valence electrons. The number of carbonyl (C=O) groups excluding carboxylic acids is 1. The second-order valence-corrected chi connectivity index (χ2v) is 5.73. The number of thiocarbonyl (C=S) groups is 1. The molecule has 1 heterocycles. The Morgan fingerprint density at radius 3 is 3.00 bits per heavy atom. The SMILES string of the molecule is NC(=S)c1cccc(OCCCN2CCCCCC2=O)c1. The normalized spacial score (nSPS) is 15.6. The van der Waals surface area contributed by atoms with Gasteiger partial charge in [-0.15, -0.1) is 0 Å². The van der Waals surface area contributed by atoms with E-state index in [1.54, 1.807) is 0 Å². The fourth-order valence-electron chi connectivity index (χ4n) is 2.46. The molecular formula is C16H22N2O2S. The minimum Gasteiger partial charge on any atom is -0.494 e. The van der Waals surface area contributed by atoms with E-state index < -0.39 is 0 Å². The van der Waals surface area contributed by atoms with E-state index in [-0.39, 0.29) is 5.91 Å². The summed E-state index contributed by atoms with van der Waals surface area (Å²) in [6, 6.07) is 7.48. The molecule has 4 nitrogen and oxygen atoms in total. The summed E-state index contributed by atoms with van der Waals surface area (Å²) in [6.45, 7) is 2.24. The standard InChI is InChI=1S/C16H22N2O2S/c17-16(21)13-6-4-7-14(12-13)20-11-5-10-18-9-3-1-2-8-15(18)19/h4,6-7,12H,1-3,5,8-11H2,(H2,17,21). The first-order valence-corrected chi connectivity index (χ1v) is 7.88. The lowest BCUT2D eigenvalue weighted by Crippen LogP contribution is -2.31. The number of carbonyl (C=O) groups is 1. The van der Waals surface area contributed by atoms with Crippen LogP contribution in [0.15, 0.2) is 24.3 Å². The molecule has 0 saturated carbocycles. The zero-order chi connectivity index (χ0) is 15.1. The molecule has 1 aromatic rings. The van der Waals surface area contributed by atoms with Crippen molar-refractivity contribution in [1.82, 2.24) is 4.90 Å². The number of nitrogens with zero attached hydrogens (tertiary/aromatic N) is 1. The van der Waals surface area contributed by atoms with Gasteiger partial charge in [-0.3, -0.25) is 4.79 Å². The van der Waals surface area contributed by atoms with Crippen LogP contribution in [0.5, 0.6) is 5.75 Å². The molecule has 1 saturated heterocycles. The maximum atomic E-state index is 11.9. The summed E-state index contributed by atoms with van der Waals surface area (Å²) in [5, 5.41) is 0. The molecule has 21 heavy (non-hydrogen) atoms. The molecule has 0 atom stereocenters. The quantitative estimate of drug-likeness (QED) is 0.648. The van der Waals surface area contributed by atoms with Gasteiger partial charge < -0.3 is 15.4 Å². The molecule has 2 N–H and O–H groups in total. The van der Waals surface area contributed by atoms with Crippen LogP contribution >= 0.6 is 12.2 Å². The average molecular weight is 306 g/mol. The zero-order valence-electron chi connectivity index (χ0n) is 12.2. The number of benzene rings is 1. The van der Waals surface area contributed by atoms with Crippen molar-refractivity contribution in [2.45, 2.75) is 32.1 Å². The highest BCUT2D eigenvalue weighted by Gasteiger charge is 2.15. The Bertz CT molecular complexity index is 505. The third-order valence-corrected chi connectivity index (χ3v) is 3.87. The molecular weight excluding hydrogens is 284 g/mol. The van der Waals surface area contributed by atoms with Gasteiger partial charge in [0.1, 0.15) is 10.7 Å². The second kappa shape index (κ2) is 7.98. The van der Waals surface area contributed by atoms with Crippen molar-refractivity contribution >= 4 is 23.1 Å². The lowest BCUT2D eigenvalue weighted by molar-refractivity contribution is -0.130. The molecule has 0 spiro atoms. The smallest absolute Gasteiger partial charge is 0.222 e. The molecule has 0 unspecified atom stereocenters. The molecule has 5 heteroatoms. The van der Waals surface area contributed by atoms with E-state index in [1.165, 1.54) is 0 Å². The lowest BCUT2D eigenvalue weighted by Gasteiger charge is -2.20. The number of hydrogen-bond acceptors (Lipinski definition) is 3. The lowest BCUT2D eigenvalue weighted by atomic mass is 10.2. The van der Waals surface area contributed by atoms with Crippen LogP contribution in [0.4, 0.5) is 0 Å². The highest BCUT2D eigenvalue weighted by Crippen LogP contribution is 2.14. The third kappa shape index (κ3) is 5.01. The Hall–Kier alpha value is -1.62. The van der Waals surface area contributed by atoms with Crippen LogP contribution in [0.2, 0.25) is 0 Å². The molecule has 1 aromatic carbocycles. The van der Waals surface area contributed by atoms with Crippen molar-refractivity contribution in [3.8, 4) is 5.75 Å². The molecule has 1 amide bonds. The topological polar surface area (TPSA) is 55.6 Å². The molecule has 2 rings (SSSR count). The van der Waals surface area contributed by atoms with Gasteiger partial charge in [-0.05, 0) is 31.4 Å². The predicted octanol–water partition coefficient (Wildman–Crippen LogP) is 2.49. The number of likely N-dealkylation sites (tertiary alicyclic amines) is 1. The Morgan fingerprint density at radius 2 is 2.19 bits per heavy atom. The van der Waals surface area contributed by atoms with Gasteiger partial charge in [0.05, 0.1) is 6.61 Å². The molecule has 1 aliphatic heterocycles. The van der Waals surface area contributed by atoms with Crippen molar-refractivity contribution in [2.75, 3.05) is 19.7 Å². The Morgan fingerprint density at radius 1 is 1.33 bits per heavy atom. The first-order valence-electron chi connectivity index (χ1n) is 7.47. The predicted molar refractivity (Wildman–Crippen MR) is 87.5 cm³/mol. The van der Waals surface area contributed by atoms with Crippen LogP contribution in [0.25, 0.3) is 0 Å². The summed E-state index contributed by atoms with van der Waals surface area (Å²) in [6.07, 6.45) is 4.82. The van der Waals surface area contributed by atoms with Crippen LogP contribution in [-0.2, 0) is 4.79 Å². The highest BCUT2D eigenvalue weighted by atomic mass is 32.1. The van der Waals surface area contributed by atoms with E-state index in [0.717, 1.165) is 50.1 Å². The molecule has 1 fully saturated rings. The van der Waals surface area contributed by atoms with Crippen molar-refractivity contribution in [3.05, 3.63) is 29.8 Å². The maximum absolute atomic E-state index is 11.9. The first-order chi connectivity index (χ1) is 10.2. The van der Waals surface area contributed by atoms with E-state index in [2.05, 4.69) is 0 Å². The summed E-state index contributed by atoms with van der Waals surface area (Å²) in [4.78, 5) is 14.2. The Kier molecular flexibility index (Phi) is 5.99. The fraction of sp³-hybridized carbons (Fsp3) is 0.500. The van der Waals surface area contributed by atoms with Gasteiger partial charge in [0.15, 0.2) is 0 Å². The Balaban J connectivity index is 1.75. The van der Waals surface area contributed by atoms with E-state index in [9.17, 15) is 4.79 Å². The van der Waals surface area contributed by atoms with Crippen molar-refractivity contribution in [2.24, 2.45) is 5.73 Å². The summed E-state index contributed by atoms with van der Waals surface area (Å²) < 4.78 is 5.70. The van der Waals surface area contributed by atoms with Crippen LogP contribution in [0.3, 0.4) is 0 Å². The van der Waals surface area contributed by atoms with Crippen molar-refractivity contribution in [1.29, 1.82) is 0 Å². The monoisotopic (exact) mass is 306 g/mol. The number of hydrogen-bond donors (Lipinski definition) is 1. The second-order valence-electron chi connectivity index (χ2n) is 5.29. The van der Waals surface area contributed by atoms with Gasteiger partial charge in [-0.1, -0.05) is 30.8 Å².